The highest BCUT2D eigenvalue weighted by Crippen LogP contribution is 2.30. The quantitative estimate of drug-likeness (QED) is 0.436. The van der Waals surface area contributed by atoms with E-state index in [-0.39, 0.29) is 18.7 Å². The summed E-state index contributed by atoms with van der Waals surface area (Å²) in [5.41, 5.74) is 6.78. The van der Waals surface area contributed by atoms with Crippen LogP contribution in [0.3, 0.4) is 0 Å². The van der Waals surface area contributed by atoms with Gasteiger partial charge in [-0.2, -0.15) is 0 Å². The van der Waals surface area contributed by atoms with Gasteiger partial charge in [0.1, 0.15) is 6.04 Å². The molecule has 1 aromatic carbocycles. The summed E-state index contributed by atoms with van der Waals surface area (Å²) in [6.45, 7) is 2.87. The molecule has 3 N–H and O–H groups in total. The average molecular weight is 402 g/mol. The van der Waals surface area contributed by atoms with Crippen LogP contribution in [-0.4, -0.2) is 72.8 Å². The van der Waals surface area contributed by atoms with Gasteiger partial charge in [0.25, 0.3) is 11.8 Å². The van der Waals surface area contributed by atoms with Crippen LogP contribution in [0.5, 0.6) is 0 Å². The smallest absolute Gasteiger partial charge is 0.262 e. The highest BCUT2D eigenvalue weighted by Gasteiger charge is 2.45. The number of carbonyl (C=O) groups excluding carboxylic acids is 4. The first kappa shape index (κ1) is 21.1. The minimum absolute atomic E-state index is 0.101. The second kappa shape index (κ2) is 9.25. The van der Waals surface area contributed by atoms with E-state index >= 15 is 0 Å². The Morgan fingerprint density at radius 1 is 1.21 bits per heavy atom. The van der Waals surface area contributed by atoms with Crippen molar-refractivity contribution >= 4 is 23.6 Å². The van der Waals surface area contributed by atoms with E-state index in [4.69, 9.17) is 10.5 Å². The molecule has 1 atom stereocenters. The van der Waals surface area contributed by atoms with Crippen molar-refractivity contribution in [3.8, 4) is 0 Å². The van der Waals surface area contributed by atoms with Gasteiger partial charge in [0.2, 0.25) is 11.8 Å². The number of hydrogen-bond acceptors (Lipinski definition) is 7. The van der Waals surface area contributed by atoms with E-state index in [9.17, 15) is 19.2 Å². The lowest BCUT2D eigenvalue weighted by molar-refractivity contribution is -0.136. The third-order valence-corrected chi connectivity index (χ3v) is 5.10. The van der Waals surface area contributed by atoms with E-state index in [1.807, 2.05) is 18.0 Å². The van der Waals surface area contributed by atoms with Crippen LogP contribution in [0.2, 0.25) is 0 Å². The van der Waals surface area contributed by atoms with Gasteiger partial charge in [0.15, 0.2) is 0 Å². The largest absolute Gasteiger partial charge is 0.380 e. The maximum Gasteiger partial charge on any atom is 0.262 e. The number of fused-ring (bicyclic) bond motifs is 1. The Hall–Kier alpha value is -2.62. The van der Waals surface area contributed by atoms with Gasteiger partial charge in [-0.05, 0) is 38.1 Å². The Bertz CT molecular complexity index is 825. The van der Waals surface area contributed by atoms with Gasteiger partial charge in [-0.3, -0.25) is 34.3 Å². The van der Waals surface area contributed by atoms with Gasteiger partial charge >= 0.3 is 0 Å². The van der Waals surface area contributed by atoms with Crippen molar-refractivity contribution in [2.45, 2.75) is 31.8 Å². The van der Waals surface area contributed by atoms with E-state index in [0.717, 1.165) is 16.9 Å². The van der Waals surface area contributed by atoms with E-state index in [0.29, 0.717) is 44.0 Å². The van der Waals surface area contributed by atoms with Gasteiger partial charge in [-0.25, -0.2) is 0 Å². The Morgan fingerprint density at radius 2 is 2.00 bits per heavy atom. The minimum Gasteiger partial charge on any atom is -0.380 e. The summed E-state index contributed by atoms with van der Waals surface area (Å²) in [5.74, 6) is -1.97. The second-order valence-corrected chi connectivity index (χ2v) is 7.28. The summed E-state index contributed by atoms with van der Waals surface area (Å²) in [7, 11) is 1.91. The van der Waals surface area contributed by atoms with Crippen LogP contribution in [0.4, 0.5) is 0 Å². The van der Waals surface area contributed by atoms with Crippen molar-refractivity contribution in [3.63, 3.8) is 0 Å². The summed E-state index contributed by atoms with van der Waals surface area (Å²) in [6, 6.07) is 4.19. The van der Waals surface area contributed by atoms with Gasteiger partial charge in [-0.15, -0.1) is 0 Å². The van der Waals surface area contributed by atoms with Crippen molar-refractivity contribution in [1.29, 1.82) is 0 Å². The number of nitrogens with one attached hydrogen (secondary N) is 1. The summed E-state index contributed by atoms with van der Waals surface area (Å²) in [6.07, 6.45) is 1.05. The van der Waals surface area contributed by atoms with E-state index in [1.54, 1.807) is 12.1 Å². The Morgan fingerprint density at radius 3 is 2.72 bits per heavy atom. The first-order chi connectivity index (χ1) is 13.9. The first-order valence-electron chi connectivity index (χ1n) is 9.74. The van der Waals surface area contributed by atoms with Gasteiger partial charge < -0.3 is 10.5 Å². The Labute approximate surface area is 169 Å². The zero-order chi connectivity index (χ0) is 21.0. The topological polar surface area (TPSA) is 122 Å². The minimum atomic E-state index is -0.957. The molecule has 0 aliphatic carbocycles. The molecule has 0 aromatic heterocycles. The third-order valence-electron chi connectivity index (χ3n) is 5.10. The fourth-order valence-corrected chi connectivity index (χ4v) is 3.59. The third kappa shape index (κ3) is 4.52. The maximum atomic E-state index is 13.1. The summed E-state index contributed by atoms with van der Waals surface area (Å²) < 4.78 is 5.51. The van der Waals surface area contributed by atoms with Crippen molar-refractivity contribution in [2.24, 2.45) is 5.73 Å². The van der Waals surface area contributed by atoms with Gasteiger partial charge in [-0.1, -0.05) is 12.1 Å². The number of ether oxygens (including phenoxy) is 1. The molecule has 1 fully saturated rings. The number of rotatable bonds is 9. The fourth-order valence-electron chi connectivity index (χ4n) is 3.59. The summed E-state index contributed by atoms with van der Waals surface area (Å²) >= 11 is 0. The number of imide groups is 2. The molecular formula is C20H26N4O5. The molecule has 156 valence electrons. The van der Waals surface area contributed by atoms with Gasteiger partial charge in [0, 0.05) is 26.1 Å². The monoisotopic (exact) mass is 402 g/mol. The predicted octanol–water partition coefficient (Wildman–Crippen LogP) is -0.115. The normalized spacial score (nSPS) is 19.1. The highest BCUT2D eigenvalue weighted by molar-refractivity contribution is 6.24. The van der Waals surface area contributed by atoms with Crippen LogP contribution in [0.15, 0.2) is 18.2 Å². The maximum absolute atomic E-state index is 13.1. The number of likely N-dealkylation sites (N-methyl/N-ethyl adjacent to an activating group) is 1. The lowest BCUT2D eigenvalue weighted by atomic mass is 10.0. The van der Waals surface area contributed by atoms with E-state index in [2.05, 4.69) is 5.32 Å². The van der Waals surface area contributed by atoms with Crippen LogP contribution in [-0.2, 0) is 20.9 Å². The fraction of sp³-hybridized carbons (Fsp3) is 0.500. The molecule has 1 aromatic rings. The average Bonchev–Trinajstić information content (AvgIpc) is 2.93. The number of hydrogen-bond donors (Lipinski definition) is 2. The molecule has 9 heteroatoms. The highest BCUT2D eigenvalue weighted by atomic mass is 16.5. The molecule has 29 heavy (non-hydrogen) atoms. The lowest BCUT2D eigenvalue weighted by Gasteiger charge is -2.28. The molecule has 0 bridgehead atoms. The number of nitrogens with two attached hydrogens (primary N) is 1. The van der Waals surface area contributed by atoms with E-state index < -0.39 is 23.8 Å². The van der Waals surface area contributed by atoms with Crippen LogP contribution >= 0.6 is 0 Å². The van der Waals surface area contributed by atoms with Crippen LogP contribution in [0.1, 0.15) is 45.5 Å². The molecular weight excluding hydrogens is 376 g/mol. The van der Waals surface area contributed by atoms with Crippen LogP contribution in [0.25, 0.3) is 0 Å². The molecule has 2 heterocycles. The van der Waals surface area contributed by atoms with Crippen LogP contribution in [0, 0.1) is 0 Å². The SMILES string of the molecule is CN(CCOCCCN)Cc1cccc2c1C(=O)N(C1CCC(=O)NC1=O)C2=O. The summed E-state index contributed by atoms with van der Waals surface area (Å²) in [5, 5.41) is 2.20. The van der Waals surface area contributed by atoms with Crippen molar-refractivity contribution < 1.29 is 23.9 Å². The molecule has 0 spiro atoms. The molecule has 1 saturated heterocycles. The number of piperidine rings is 1. The van der Waals surface area contributed by atoms with Gasteiger partial charge in [0.05, 0.1) is 17.7 Å². The predicted molar refractivity (Wildman–Crippen MR) is 104 cm³/mol. The summed E-state index contributed by atoms with van der Waals surface area (Å²) in [4.78, 5) is 52.5. The molecule has 3 rings (SSSR count). The zero-order valence-electron chi connectivity index (χ0n) is 16.5. The van der Waals surface area contributed by atoms with Crippen molar-refractivity contribution in [2.75, 3.05) is 33.4 Å². The van der Waals surface area contributed by atoms with Crippen LogP contribution < -0.4 is 11.1 Å². The van der Waals surface area contributed by atoms with Crippen molar-refractivity contribution in [3.05, 3.63) is 34.9 Å². The molecule has 2 aliphatic heterocycles. The Kier molecular flexibility index (Phi) is 6.73. The Balaban J connectivity index is 1.71. The lowest BCUT2D eigenvalue weighted by Crippen LogP contribution is -2.54. The zero-order valence-corrected chi connectivity index (χ0v) is 16.5. The molecule has 1 unspecified atom stereocenters. The number of benzene rings is 1. The second-order valence-electron chi connectivity index (χ2n) is 7.28. The van der Waals surface area contributed by atoms with Crippen molar-refractivity contribution in [1.82, 2.24) is 15.1 Å². The number of amides is 4. The van der Waals surface area contributed by atoms with E-state index in [1.165, 1.54) is 0 Å². The number of nitrogens with zero attached hydrogens (tertiary/aromatic N) is 2. The number of carbonyl (C=O) groups is 4. The molecule has 0 radical (unpaired) electrons. The molecule has 9 nitrogen and oxygen atoms in total. The molecule has 0 saturated carbocycles. The first-order valence-corrected chi connectivity index (χ1v) is 9.74. The molecule has 2 aliphatic rings. The molecule has 4 amide bonds. The standard InChI is InChI=1S/C20H26N4O5/c1-23(9-11-29-10-3-8-21)12-13-4-2-5-14-17(13)20(28)24(19(14)27)15-6-7-16(25)22-18(15)26/h2,4-5,15H,3,6-12,21H2,1H3,(H,22,25,26).